The molecule has 0 radical (unpaired) electrons. The van der Waals surface area contributed by atoms with Gasteiger partial charge in [-0.1, -0.05) is 59.6 Å². The predicted molar refractivity (Wildman–Crippen MR) is 171 cm³/mol. The normalized spacial score (nSPS) is 19.8. The minimum Gasteiger partial charge on any atom is -0.383 e. The van der Waals surface area contributed by atoms with E-state index in [1.807, 2.05) is 0 Å². The van der Waals surface area contributed by atoms with E-state index >= 15 is 0 Å². The van der Waals surface area contributed by atoms with Gasteiger partial charge in [0.2, 0.25) is 22.8 Å². The van der Waals surface area contributed by atoms with Crippen molar-refractivity contribution in [1.29, 1.82) is 0 Å². The van der Waals surface area contributed by atoms with Crippen molar-refractivity contribution in [1.82, 2.24) is 9.80 Å². The lowest BCUT2D eigenvalue weighted by Crippen LogP contribution is -2.88. The van der Waals surface area contributed by atoms with Crippen LogP contribution in [0.5, 0.6) is 0 Å². The highest BCUT2D eigenvalue weighted by Gasteiger charge is 2.83. The van der Waals surface area contributed by atoms with Crippen LogP contribution < -0.4 is 22.9 Å². The molecule has 0 saturated carbocycles. The molecule has 20 heteroatoms. The maximum atomic E-state index is 14.4. The van der Waals surface area contributed by atoms with Crippen LogP contribution in [-0.4, -0.2) is 63.7 Å². The number of primary amides is 4. The van der Waals surface area contributed by atoms with Gasteiger partial charge in [-0.25, -0.2) is 4.79 Å². The van der Waals surface area contributed by atoms with Gasteiger partial charge in [-0.2, -0.15) is 26.3 Å². The van der Waals surface area contributed by atoms with Gasteiger partial charge in [0.1, 0.15) is 5.60 Å². The summed E-state index contributed by atoms with van der Waals surface area (Å²) in [6.07, 6.45) is -10.5. The van der Waals surface area contributed by atoms with E-state index in [9.17, 15) is 55.4 Å². The third kappa shape index (κ3) is 6.03. The molecule has 1 aliphatic heterocycles. The van der Waals surface area contributed by atoms with Crippen molar-refractivity contribution in [2.75, 3.05) is 13.6 Å². The SMILES string of the molecule is CN(Cc1cc(C(F)(F)F)cc(C(F)(F)F)c1)C(=O)N1CC(c2ccc(Cl)c(Cl)c2)C(O)(c2ccccc2)C(C(N)=O)(C(N)=O)C1(C(N)=O)C(N)=O. The first-order chi connectivity index (χ1) is 23.9. The van der Waals surface area contributed by atoms with Crippen LogP contribution in [0.2, 0.25) is 10.0 Å². The molecule has 4 rings (SSSR count). The zero-order chi connectivity index (χ0) is 39.4. The third-order valence-corrected chi connectivity index (χ3v) is 9.76. The molecule has 12 nitrogen and oxygen atoms in total. The number of piperidine rings is 1. The van der Waals surface area contributed by atoms with Gasteiger partial charge in [-0.15, -0.1) is 0 Å². The van der Waals surface area contributed by atoms with Crippen LogP contribution in [0.1, 0.15) is 33.7 Å². The first kappa shape index (κ1) is 39.7. The predicted octanol–water partition coefficient (Wildman–Crippen LogP) is 3.24. The fourth-order valence-corrected chi connectivity index (χ4v) is 7.17. The molecule has 0 bridgehead atoms. The van der Waals surface area contributed by atoms with E-state index in [-0.39, 0.29) is 32.1 Å². The Kier molecular flexibility index (Phi) is 10.3. The van der Waals surface area contributed by atoms with Crippen molar-refractivity contribution in [3.63, 3.8) is 0 Å². The van der Waals surface area contributed by atoms with Crippen molar-refractivity contribution >= 4 is 52.9 Å². The second-order valence-electron chi connectivity index (χ2n) is 11.9. The molecule has 9 N–H and O–H groups in total. The van der Waals surface area contributed by atoms with Crippen molar-refractivity contribution in [2.45, 2.75) is 36.0 Å². The van der Waals surface area contributed by atoms with Crippen molar-refractivity contribution < 1.29 is 55.4 Å². The molecule has 2 unspecified atom stereocenters. The summed E-state index contributed by atoms with van der Waals surface area (Å²) >= 11 is 12.4. The molecule has 278 valence electrons. The molecule has 3 aromatic carbocycles. The lowest BCUT2D eigenvalue weighted by Gasteiger charge is -2.62. The summed E-state index contributed by atoms with van der Waals surface area (Å²) in [5.41, 5.74) is 7.63. The molecule has 6 amide bonds. The number of nitrogens with two attached hydrogens (primary N) is 4. The number of hydrogen-bond donors (Lipinski definition) is 5. The second kappa shape index (κ2) is 13.5. The average Bonchev–Trinajstić information content (AvgIpc) is 3.04. The molecule has 1 saturated heterocycles. The first-order valence-corrected chi connectivity index (χ1v) is 15.4. The Hall–Kier alpha value is -5.07. The number of likely N-dealkylation sites (tertiary alicyclic amines) is 1. The molecule has 1 heterocycles. The summed E-state index contributed by atoms with van der Waals surface area (Å²) in [6.45, 7) is -2.15. The van der Waals surface area contributed by atoms with Gasteiger partial charge in [-0.3, -0.25) is 24.1 Å². The summed E-state index contributed by atoms with van der Waals surface area (Å²) in [7, 11) is 0.838. The Bertz CT molecular complexity index is 1900. The van der Waals surface area contributed by atoms with Gasteiger partial charge in [-0.05, 0) is 47.0 Å². The number of alkyl halides is 6. The fourth-order valence-electron chi connectivity index (χ4n) is 6.87. The lowest BCUT2D eigenvalue weighted by molar-refractivity contribution is -0.212. The van der Waals surface area contributed by atoms with Crippen LogP contribution in [0.4, 0.5) is 31.1 Å². The van der Waals surface area contributed by atoms with Gasteiger partial charge < -0.3 is 32.9 Å². The Labute approximate surface area is 300 Å². The second-order valence-corrected chi connectivity index (χ2v) is 12.8. The first-order valence-electron chi connectivity index (χ1n) is 14.6. The molecule has 1 fully saturated rings. The quantitative estimate of drug-likeness (QED) is 0.171. The number of urea groups is 1. The van der Waals surface area contributed by atoms with Crippen LogP contribution >= 0.6 is 23.2 Å². The number of rotatable bonds is 8. The highest BCUT2D eigenvalue weighted by Crippen LogP contribution is 2.60. The fraction of sp³-hybridized carbons (Fsp3) is 0.281. The average molecular weight is 778 g/mol. The standard InChI is InChI=1S/C32H28Cl2F6N6O6/c1-45(13-15-9-18(31(35,36)37)12-19(10-15)32(38,39)40)27(51)46-14-20(16-7-8-21(33)22(34)11-16)30(52,17-5-3-2-4-6-17)28(23(41)47,24(42)48)29(46,25(43)49)26(44)50/h2-12,20,52H,13-14H2,1H3,(H2,41,47)(H2,42,48)(H2,43,49)(H2,44,50). The maximum Gasteiger partial charge on any atom is 0.416 e. The topological polar surface area (TPSA) is 216 Å². The number of benzene rings is 3. The smallest absolute Gasteiger partial charge is 0.383 e. The van der Waals surface area contributed by atoms with E-state index in [0.29, 0.717) is 17.0 Å². The van der Waals surface area contributed by atoms with Gasteiger partial charge in [0.05, 0.1) is 21.2 Å². The molecule has 52 heavy (non-hydrogen) atoms. The summed E-state index contributed by atoms with van der Waals surface area (Å²) in [5.74, 6) is -9.82. The number of halogens is 8. The Morgan fingerprint density at radius 3 is 1.71 bits per heavy atom. The Morgan fingerprint density at radius 2 is 1.29 bits per heavy atom. The summed E-state index contributed by atoms with van der Waals surface area (Å²) in [5, 5.41) is 12.7. The number of carbonyl (C=O) groups excluding carboxylic acids is 5. The molecule has 2 atom stereocenters. The third-order valence-electron chi connectivity index (χ3n) is 9.03. The molecule has 3 aromatic rings. The van der Waals surface area contributed by atoms with Crippen molar-refractivity contribution in [3.8, 4) is 0 Å². The summed E-state index contributed by atoms with van der Waals surface area (Å²) in [4.78, 5) is 70.2. The van der Waals surface area contributed by atoms with E-state index in [1.165, 1.54) is 30.3 Å². The van der Waals surface area contributed by atoms with Gasteiger partial charge in [0.15, 0.2) is 0 Å². The minimum absolute atomic E-state index is 0.0314. The van der Waals surface area contributed by atoms with Crippen LogP contribution in [0.3, 0.4) is 0 Å². The number of hydrogen-bond acceptors (Lipinski definition) is 6. The zero-order valence-corrected chi connectivity index (χ0v) is 28.1. The number of aliphatic hydroxyl groups is 1. The van der Waals surface area contributed by atoms with E-state index in [2.05, 4.69) is 0 Å². The number of amides is 6. The highest BCUT2D eigenvalue weighted by atomic mass is 35.5. The number of carbonyl (C=O) groups is 5. The molecule has 0 aromatic heterocycles. The minimum atomic E-state index is -5.27. The van der Waals surface area contributed by atoms with Crippen molar-refractivity contribution in [2.24, 2.45) is 28.3 Å². The van der Waals surface area contributed by atoms with Crippen LogP contribution in [0.15, 0.2) is 66.7 Å². The van der Waals surface area contributed by atoms with E-state index < -0.39 is 94.3 Å². The monoisotopic (exact) mass is 776 g/mol. The van der Waals surface area contributed by atoms with Gasteiger partial charge in [0, 0.05) is 26.1 Å². The van der Waals surface area contributed by atoms with Crippen LogP contribution in [-0.2, 0) is 43.7 Å². The number of nitrogens with zero attached hydrogens (tertiary/aromatic N) is 2. The van der Waals surface area contributed by atoms with Crippen LogP contribution in [0.25, 0.3) is 0 Å². The molecular formula is C32H28Cl2F6N6O6. The molecular weight excluding hydrogens is 749 g/mol. The van der Waals surface area contributed by atoms with E-state index in [0.717, 1.165) is 25.2 Å². The summed E-state index contributed by atoms with van der Waals surface area (Å²) in [6, 6.07) is 8.85. The molecule has 1 aliphatic rings. The maximum absolute atomic E-state index is 14.4. The van der Waals surface area contributed by atoms with Crippen LogP contribution in [0, 0.1) is 5.41 Å². The highest BCUT2D eigenvalue weighted by molar-refractivity contribution is 6.42. The van der Waals surface area contributed by atoms with E-state index in [1.54, 1.807) is 0 Å². The zero-order valence-electron chi connectivity index (χ0n) is 26.6. The molecule has 0 spiro atoms. The Balaban J connectivity index is 2.09. The van der Waals surface area contributed by atoms with Gasteiger partial charge in [0.25, 0.3) is 11.8 Å². The summed E-state index contributed by atoms with van der Waals surface area (Å²) < 4.78 is 81.7. The largest absolute Gasteiger partial charge is 0.416 e. The lowest BCUT2D eigenvalue weighted by atomic mass is 9.48. The van der Waals surface area contributed by atoms with Crippen molar-refractivity contribution in [3.05, 3.63) is 105 Å². The Morgan fingerprint density at radius 1 is 0.788 bits per heavy atom. The van der Waals surface area contributed by atoms with E-state index in [4.69, 9.17) is 46.1 Å². The van der Waals surface area contributed by atoms with Gasteiger partial charge >= 0.3 is 18.4 Å². The molecule has 0 aliphatic carbocycles.